The minimum absolute atomic E-state index is 0.989. The van der Waals surface area contributed by atoms with Gasteiger partial charge in [-0.3, -0.25) is 4.99 Å². The van der Waals surface area contributed by atoms with Crippen molar-refractivity contribution in [2.24, 2.45) is 12.0 Å². The van der Waals surface area contributed by atoms with Gasteiger partial charge in [0.25, 0.3) is 0 Å². The molecule has 82 valence electrons. The average molecular weight is 212 g/mol. The van der Waals surface area contributed by atoms with Gasteiger partial charge >= 0.3 is 0 Å². The van der Waals surface area contributed by atoms with Crippen molar-refractivity contribution in [1.82, 2.24) is 4.57 Å². The Morgan fingerprint density at radius 1 is 1.12 bits per heavy atom. The highest BCUT2D eigenvalue weighted by Crippen LogP contribution is 2.14. The molecule has 0 amide bonds. The summed E-state index contributed by atoms with van der Waals surface area (Å²) in [4.78, 5) is 4.45. The summed E-state index contributed by atoms with van der Waals surface area (Å²) >= 11 is 0. The summed E-state index contributed by atoms with van der Waals surface area (Å²) in [7, 11) is 2.07. The smallest absolute Gasteiger partial charge is 0.0629 e. The zero-order valence-electron chi connectivity index (χ0n) is 9.94. The van der Waals surface area contributed by atoms with Crippen molar-refractivity contribution in [3.63, 3.8) is 0 Å². The lowest BCUT2D eigenvalue weighted by Crippen LogP contribution is -1.93. The van der Waals surface area contributed by atoms with E-state index in [4.69, 9.17) is 0 Å². The minimum Gasteiger partial charge on any atom is -0.352 e. The Kier molecular flexibility index (Phi) is 2.91. The summed E-state index contributed by atoms with van der Waals surface area (Å²) in [6.07, 6.45) is 1.93. The van der Waals surface area contributed by atoms with E-state index in [0.717, 1.165) is 5.69 Å². The van der Waals surface area contributed by atoms with Gasteiger partial charge in [0.05, 0.1) is 5.69 Å². The predicted molar refractivity (Wildman–Crippen MR) is 68.6 cm³/mol. The van der Waals surface area contributed by atoms with E-state index in [1.807, 2.05) is 36.5 Å². The third-order valence-corrected chi connectivity index (χ3v) is 2.92. The highest BCUT2D eigenvalue weighted by molar-refractivity contribution is 5.83. The molecule has 0 saturated heterocycles. The first-order chi connectivity index (χ1) is 7.68. The first kappa shape index (κ1) is 10.7. The molecule has 0 bridgehead atoms. The molecule has 0 spiro atoms. The summed E-state index contributed by atoms with van der Waals surface area (Å²) in [5.41, 5.74) is 4.68. The van der Waals surface area contributed by atoms with Crippen LogP contribution in [0.1, 0.15) is 17.0 Å². The number of benzene rings is 1. The van der Waals surface area contributed by atoms with Crippen LogP contribution in [-0.4, -0.2) is 10.8 Å². The number of para-hydroxylation sites is 1. The van der Waals surface area contributed by atoms with Crippen molar-refractivity contribution in [3.8, 4) is 0 Å². The van der Waals surface area contributed by atoms with Crippen LogP contribution in [0.4, 0.5) is 5.69 Å². The number of aliphatic imine (C=N–C) groups is 1. The van der Waals surface area contributed by atoms with Gasteiger partial charge in [0.2, 0.25) is 0 Å². The summed E-state index contributed by atoms with van der Waals surface area (Å²) in [5.74, 6) is 0. The van der Waals surface area contributed by atoms with Gasteiger partial charge in [-0.25, -0.2) is 0 Å². The first-order valence-electron chi connectivity index (χ1n) is 5.40. The molecule has 1 heterocycles. The maximum Gasteiger partial charge on any atom is 0.0629 e. The van der Waals surface area contributed by atoms with E-state index < -0.39 is 0 Å². The molecule has 2 heteroatoms. The summed E-state index contributed by atoms with van der Waals surface area (Å²) in [5, 5.41) is 0. The molecule has 0 aliphatic carbocycles. The van der Waals surface area contributed by atoms with Crippen LogP contribution >= 0.6 is 0 Å². The highest BCUT2D eigenvalue weighted by Gasteiger charge is 2.02. The van der Waals surface area contributed by atoms with Gasteiger partial charge in [-0.1, -0.05) is 18.2 Å². The number of aryl methyl sites for hydroxylation is 1. The van der Waals surface area contributed by atoms with Crippen molar-refractivity contribution in [2.75, 3.05) is 0 Å². The molecular formula is C14H16N2. The van der Waals surface area contributed by atoms with Crippen LogP contribution in [0.5, 0.6) is 0 Å². The second-order valence-corrected chi connectivity index (χ2v) is 3.98. The maximum atomic E-state index is 4.45. The van der Waals surface area contributed by atoms with E-state index in [0.29, 0.717) is 0 Å². The average Bonchev–Trinajstić information content (AvgIpc) is 2.56. The molecule has 0 N–H and O–H groups in total. The number of nitrogens with zero attached hydrogens (tertiary/aromatic N) is 2. The Hall–Kier alpha value is -1.83. The molecule has 2 aromatic rings. The Labute approximate surface area is 96.3 Å². The fourth-order valence-corrected chi connectivity index (χ4v) is 1.67. The summed E-state index contributed by atoms with van der Waals surface area (Å²) < 4.78 is 2.17. The van der Waals surface area contributed by atoms with Crippen LogP contribution in [0.25, 0.3) is 0 Å². The normalized spacial score (nSPS) is 11.2. The van der Waals surface area contributed by atoms with Crippen molar-refractivity contribution < 1.29 is 0 Å². The molecule has 0 aliphatic rings. The van der Waals surface area contributed by atoms with Gasteiger partial charge in [0.1, 0.15) is 0 Å². The topological polar surface area (TPSA) is 17.3 Å². The molecule has 0 saturated carbocycles. The predicted octanol–water partition coefficient (Wildman–Crippen LogP) is 3.39. The molecule has 2 rings (SSSR count). The molecule has 1 aromatic heterocycles. The van der Waals surface area contributed by atoms with Crippen molar-refractivity contribution >= 4 is 11.9 Å². The largest absolute Gasteiger partial charge is 0.352 e. The molecule has 0 radical (unpaired) electrons. The van der Waals surface area contributed by atoms with Crippen LogP contribution in [0.15, 0.2) is 41.4 Å². The van der Waals surface area contributed by atoms with Crippen molar-refractivity contribution in [3.05, 3.63) is 53.3 Å². The van der Waals surface area contributed by atoms with Crippen LogP contribution in [0.2, 0.25) is 0 Å². The lowest BCUT2D eigenvalue weighted by molar-refractivity contribution is 0.843. The third kappa shape index (κ3) is 2.06. The lowest BCUT2D eigenvalue weighted by atomic mass is 10.2. The molecule has 0 unspecified atom stereocenters. The van der Waals surface area contributed by atoms with Gasteiger partial charge < -0.3 is 4.57 Å². The number of hydrogen-bond acceptors (Lipinski definition) is 1. The molecule has 16 heavy (non-hydrogen) atoms. The zero-order chi connectivity index (χ0) is 11.5. The SMILES string of the molecule is Cc1cc(C=Nc2ccccc2)c(C)n1C. The van der Waals surface area contributed by atoms with E-state index in [2.05, 4.69) is 36.5 Å². The van der Waals surface area contributed by atoms with Gasteiger partial charge in [0, 0.05) is 30.2 Å². The second kappa shape index (κ2) is 4.35. The fraction of sp³-hybridized carbons (Fsp3) is 0.214. The summed E-state index contributed by atoms with van der Waals surface area (Å²) in [6, 6.07) is 12.1. The standard InChI is InChI=1S/C14H16N2/c1-11-9-13(12(2)16(11)3)10-15-14-7-5-4-6-8-14/h4-10H,1-3H3. The Balaban J connectivity index is 2.28. The summed E-state index contributed by atoms with van der Waals surface area (Å²) in [6.45, 7) is 4.21. The number of hydrogen-bond donors (Lipinski definition) is 0. The van der Waals surface area contributed by atoms with Crippen LogP contribution in [0.3, 0.4) is 0 Å². The van der Waals surface area contributed by atoms with Crippen LogP contribution < -0.4 is 0 Å². The first-order valence-corrected chi connectivity index (χ1v) is 5.40. The van der Waals surface area contributed by atoms with E-state index in [1.54, 1.807) is 0 Å². The third-order valence-electron chi connectivity index (χ3n) is 2.92. The number of aromatic nitrogens is 1. The van der Waals surface area contributed by atoms with Crippen LogP contribution in [-0.2, 0) is 7.05 Å². The molecule has 0 atom stereocenters. The Bertz CT molecular complexity index is 507. The van der Waals surface area contributed by atoms with Gasteiger partial charge in [-0.05, 0) is 32.0 Å². The molecular weight excluding hydrogens is 196 g/mol. The van der Waals surface area contributed by atoms with Gasteiger partial charge in [-0.15, -0.1) is 0 Å². The van der Waals surface area contributed by atoms with E-state index in [-0.39, 0.29) is 0 Å². The highest BCUT2D eigenvalue weighted by atomic mass is 14.9. The molecule has 0 fully saturated rings. The second-order valence-electron chi connectivity index (χ2n) is 3.98. The van der Waals surface area contributed by atoms with E-state index in [1.165, 1.54) is 17.0 Å². The van der Waals surface area contributed by atoms with Gasteiger partial charge in [0.15, 0.2) is 0 Å². The van der Waals surface area contributed by atoms with E-state index in [9.17, 15) is 0 Å². The van der Waals surface area contributed by atoms with E-state index >= 15 is 0 Å². The molecule has 0 aliphatic heterocycles. The van der Waals surface area contributed by atoms with Crippen molar-refractivity contribution in [2.45, 2.75) is 13.8 Å². The Morgan fingerprint density at radius 3 is 2.38 bits per heavy atom. The maximum absolute atomic E-state index is 4.45. The Morgan fingerprint density at radius 2 is 1.81 bits per heavy atom. The van der Waals surface area contributed by atoms with Crippen molar-refractivity contribution in [1.29, 1.82) is 0 Å². The van der Waals surface area contributed by atoms with Crippen LogP contribution in [0, 0.1) is 13.8 Å². The molecule has 2 nitrogen and oxygen atoms in total. The zero-order valence-corrected chi connectivity index (χ0v) is 9.94. The molecule has 1 aromatic carbocycles. The minimum atomic E-state index is 0.989. The quantitative estimate of drug-likeness (QED) is 0.679. The lowest BCUT2D eigenvalue weighted by Gasteiger charge is -1.98. The number of rotatable bonds is 2. The van der Waals surface area contributed by atoms with Gasteiger partial charge in [-0.2, -0.15) is 0 Å². The fourth-order valence-electron chi connectivity index (χ4n) is 1.67. The monoisotopic (exact) mass is 212 g/mol.